The molecule has 5 fully saturated rings. The molecule has 0 aromatic carbocycles. The highest BCUT2D eigenvalue weighted by atomic mass is 16.6. The van der Waals surface area contributed by atoms with Crippen molar-refractivity contribution in [2.75, 3.05) is 0 Å². The Hall–Kier alpha value is -0.160. The van der Waals surface area contributed by atoms with E-state index in [0.29, 0.717) is 30.3 Å². The fourth-order valence-electron chi connectivity index (χ4n) is 5.87. The number of ether oxygens (including phenoxy) is 2. The van der Waals surface area contributed by atoms with E-state index in [-0.39, 0.29) is 23.5 Å². The van der Waals surface area contributed by atoms with Crippen molar-refractivity contribution in [2.24, 2.45) is 17.3 Å². The molecular weight excluding hydrogens is 268 g/mol. The summed E-state index contributed by atoms with van der Waals surface area (Å²) in [4.78, 5) is 0. The van der Waals surface area contributed by atoms with Crippen molar-refractivity contribution in [3.05, 3.63) is 0 Å². The highest BCUT2D eigenvalue weighted by molar-refractivity contribution is 5.06. The fourth-order valence-corrected chi connectivity index (χ4v) is 5.87. The van der Waals surface area contributed by atoms with Crippen molar-refractivity contribution in [3.63, 3.8) is 0 Å². The van der Waals surface area contributed by atoms with Crippen molar-refractivity contribution >= 4 is 0 Å². The van der Waals surface area contributed by atoms with Gasteiger partial charge in [-0.3, -0.25) is 0 Å². The average molecular weight is 294 g/mol. The van der Waals surface area contributed by atoms with Gasteiger partial charge < -0.3 is 19.7 Å². The first-order chi connectivity index (χ1) is 10.1. The van der Waals surface area contributed by atoms with Crippen LogP contribution in [0.3, 0.4) is 0 Å². The summed E-state index contributed by atoms with van der Waals surface area (Å²) >= 11 is 0. The summed E-state index contributed by atoms with van der Waals surface area (Å²) in [6.07, 6.45) is 9.45. The molecule has 7 atom stereocenters. The molecule has 3 saturated carbocycles. The predicted octanol–water partition coefficient (Wildman–Crippen LogP) is 1.62. The molecule has 2 saturated heterocycles. The van der Waals surface area contributed by atoms with Gasteiger partial charge >= 0.3 is 0 Å². The third-order valence-corrected chi connectivity index (χ3v) is 7.04. The van der Waals surface area contributed by atoms with Crippen LogP contribution in [-0.4, -0.2) is 46.8 Å². The topological polar surface area (TPSA) is 65.5 Å². The summed E-state index contributed by atoms with van der Waals surface area (Å²) < 4.78 is 11.3. The second kappa shape index (κ2) is 4.44. The highest BCUT2D eigenvalue weighted by Gasteiger charge is 2.56. The Balaban J connectivity index is 1.30. The number of rotatable bonds is 1. The number of aliphatic hydroxyl groups is 2. The molecular formula is C17H26O4. The van der Waals surface area contributed by atoms with Crippen LogP contribution in [0, 0.1) is 17.3 Å². The Morgan fingerprint density at radius 1 is 0.762 bits per heavy atom. The lowest BCUT2D eigenvalue weighted by Gasteiger charge is -2.49. The van der Waals surface area contributed by atoms with Crippen molar-refractivity contribution in [2.45, 2.75) is 88.0 Å². The summed E-state index contributed by atoms with van der Waals surface area (Å²) in [6, 6.07) is 0. The number of hydrogen-bond acceptors (Lipinski definition) is 4. The Bertz CT molecular complexity index is 427. The molecule has 0 radical (unpaired) electrons. The van der Waals surface area contributed by atoms with Gasteiger partial charge in [0.05, 0.1) is 36.6 Å². The van der Waals surface area contributed by atoms with Crippen LogP contribution in [0.25, 0.3) is 0 Å². The molecule has 118 valence electrons. The van der Waals surface area contributed by atoms with Crippen molar-refractivity contribution in [1.82, 2.24) is 0 Å². The molecule has 0 aromatic rings. The lowest BCUT2D eigenvalue weighted by atomic mass is 9.58. The third kappa shape index (κ3) is 2.18. The van der Waals surface area contributed by atoms with Crippen LogP contribution in [0.2, 0.25) is 0 Å². The van der Waals surface area contributed by atoms with E-state index in [2.05, 4.69) is 0 Å². The van der Waals surface area contributed by atoms with Crippen LogP contribution >= 0.6 is 0 Å². The van der Waals surface area contributed by atoms with Gasteiger partial charge in [0.25, 0.3) is 0 Å². The van der Waals surface area contributed by atoms with Gasteiger partial charge in [-0.2, -0.15) is 0 Å². The van der Waals surface area contributed by atoms with Gasteiger partial charge in [0.15, 0.2) is 0 Å². The quantitative estimate of drug-likeness (QED) is 0.721. The largest absolute Gasteiger partial charge is 0.393 e. The number of fused-ring (bicyclic) bond motifs is 2. The summed E-state index contributed by atoms with van der Waals surface area (Å²) in [5.41, 5.74) is 0.139. The molecule has 0 aromatic heterocycles. The minimum absolute atomic E-state index is 0.0682. The van der Waals surface area contributed by atoms with Crippen molar-refractivity contribution in [1.29, 1.82) is 0 Å². The second-order valence-electron chi connectivity index (χ2n) is 8.36. The van der Waals surface area contributed by atoms with Crippen LogP contribution in [-0.2, 0) is 9.47 Å². The van der Waals surface area contributed by atoms with Gasteiger partial charge in [0.1, 0.15) is 0 Å². The number of epoxide rings is 2. The first-order valence-electron chi connectivity index (χ1n) is 8.81. The molecule has 0 bridgehead atoms. The fraction of sp³-hybridized carbons (Fsp3) is 1.00. The summed E-state index contributed by atoms with van der Waals surface area (Å²) in [7, 11) is 0. The molecule has 21 heavy (non-hydrogen) atoms. The smallest absolute Gasteiger partial charge is 0.0847 e. The maximum atomic E-state index is 10.8. The molecule has 5 aliphatic rings. The van der Waals surface area contributed by atoms with Crippen LogP contribution in [0.5, 0.6) is 0 Å². The molecule has 7 unspecified atom stereocenters. The van der Waals surface area contributed by atoms with Crippen LogP contribution in [0.4, 0.5) is 0 Å². The van der Waals surface area contributed by atoms with E-state index < -0.39 is 0 Å². The maximum absolute atomic E-state index is 10.8. The number of hydrogen-bond donors (Lipinski definition) is 2. The highest BCUT2D eigenvalue weighted by Crippen LogP contribution is 2.56. The van der Waals surface area contributed by atoms with Crippen molar-refractivity contribution in [3.8, 4) is 0 Å². The molecule has 0 amide bonds. The molecule has 2 aliphatic heterocycles. The first kappa shape index (κ1) is 13.3. The number of aliphatic hydroxyl groups excluding tert-OH is 2. The van der Waals surface area contributed by atoms with Gasteiger partial charge in [-0.1, -0.05) is 0 Å². The van der Waals surface area contributed by atoms with Gasteiger partial charge in [-0.05, 0) is 62.7 Å². The Morgan fingerprint density at radius 2 is 1.48 bits per heavy atom. The lowest BCUT2D eigenvalue weighted by Crippen LogP contribution is -2.50. The van der Waals surface area contributed by atoms with E-state index in [9.17, 15) is 10.2 Å². The van der Waals surface area contributed by atoms with E-state index in [1.165, 1.54) is 0 Å². The average Bonchev–Trinajstić information content (AvgIpc) is 3.31. The van der Waals surface area contributed by atoms with Gasteiger partial charge in [0, 0.05) is 5.92 Å². The van der Waals surface area contributed by atoms with Crippen LogP contribution in [0.15, 0.2) is 0 Å². The van der Waals surface area contributed by atoms with E-state index in [1.54, 1.807) is 0 Å². The molecule has 1 spiro atoms. The Morgan fingerprint density at radius 3 is 2.19 bits per heavy atom. The zero-order valence-electron chi connectivity index (χ0n) is 12.5. The van der Waals surface area contributed by atoms with Gasteiger partial charge in [-0.15, -0.1) is 0 Å². The first-order valence-corrected chi connectivity index (χ1v) is 8.81. The van der Waals surface area contributed by atoms with Crippen molar-refractivity contribution < 1.29 is 19.7 Å². The molecule has 3 aliphatic carbocycles. The molecule has 5 rings (SSSR count). The van der Waals surface area contributed by atoms with E-state index >= 15 is 0 Å². The molecule has 4 heteroatoms. The Labute approximate surface area is 125 Å². The van der Waals surface area contributed by atoms with Gasteiger partial charge in [0.2, 0.25) is 0 Å². The zero-order valence-corrected chi connectivity index (χ0v) is 12.5. The normalized spacial score (nSPS) is 62.0. The standard InChI is InChI=1S/C17H26O4/c18-10-6-17(4-3-13-15(8-17)21-13)7-11(19)16(10)9-1-2-12-14(5-9)20-12/h9-16,18-19H,1-8H2. The van der Waals surface area contributed by atoms with E-state index in [0.717, 1.165) is 51.4 Å². The third-order valence-electron chi connectivity index (χ3n) is 7.04. The minimum Gasteiger partial charge on any atom is -0.393 e. The molecule has 4 nitrogen and oxygen atoms in total. The lowest BCUT2D eigenvalue weighted by molar-refractivity contribution is -0.111. The summed E-state index contributed by atoms with van der Waals surface area (Å²) in [6.45, 7) is 0. The maximum Gasteiger partial charge on any atom is 0.0847 e. The molecule has 2 heterocycles. The second-order valence-corrected chi connectivity index (χ2v) is 8.36. The molecule has 2 N–H and O–H groups in total. The van der Waals surface area contributed by atoms with Crippen LogP contribution in [0.1, 0.15) is 51.4 Å². The Kier molecular flexibility index (Phi) is 2.81. The van der Waals surface area contributed by atoms with Crippen LogP contribution < -0.4 is 0 Å². The van der Waals surface area contributed by atoms with E-state index in [4.69, 9.17) is 9.47 Å². The monoisotopic (exact) mass is 294 g/mol. The minimum atomic E-state index is -0.343. The summed E-state index contributed by atoms with van der Waals surface area (Å²) in [5, 5.41) is 21.5. The summed E-state index contributed by atoms with van der Waals surface area (Å²) in [5.74, 6) is 0.517. The predicted molar refractivity (Wildman–Crippen MR) is 75.7 cm³/mol. The SMILES string of the molecule is OC1CC2(CCC3OC3C2)CC(O)C1C1CCC2OC2C1. The van der Waals surface area contributed by atoms with E-state index in [1.807, 2.05) is 0 Å². The zero-order chi connectivity index (χ0) is 14.2. The van der Waals surface area contributed by atoms with Gasteiger partial charge in [-0.25, -0.2) is 0 Å².